The summed E-state index contributed by atoms with van der Waals surface area (Å²) in [6.45, 7) is 4.29. The molecule has 10 heteroatoms. The van der Waals surface area contributed by atoms with Crippen LogP contribution in [0.4, 0.5) is 0 Å². The van der Waals surface area contributed by atoms with Crippen molar-refractivity contribution >= 4 is 41.1 Å². The quantitative estimate of drug-likeness (QED) is 0.237. The van der Waals surface area contributed by atoms with E-state index in [9.17, 15) is 9.59 Å². The monoisotopic (exact) mass is 441 g/mol. The number of nitrogens with one attached hydrogen (secondary N) is 1. The molecule has 2 atom stereocenters. The number of oxime groups is 1. The summed E-state index contributed by atoms with van der Waals surface area (Å²) >= 11 is 5.59. The topological polar surface area (TPSA) is 102 Å². The van der Waals surface area contributed by atoms with Crippen molar-refractivity contribution in [1.82, 2.24) is 5.32 Å². The summed E-state index contributed by atoms with van der Waals surface area (Å²) in [7, 11) is 1.48. The van der Waals surface area contributed by atoms with Gasteiger partial charge in [0.1, 0.15) is 34.9 Å². The SMILES string of the molecule is CCCC(NC(=O)C1CSC(/C(C)=N/OCCCS)=N1)c1cc(OC)cc(=O)o1. The lowest BCUT2D eigenvalue weighted by Gasteiger charge is -2.18. The van der Waals surface area contributed by atoms with Crippen molar-refractivity contribution < 1.29 is 18.8 Å². The smallest absolute Gasteiger partial charge is 0.339 e. The number of thiol groups is 1. The second-order valence-electron chi connectivity index (χ2n) is 6.42. The maximum Gasteiger partial charge on any atom is 0.339 e. The second-order valence-corrected chi connectivity index (χ2v) is 7.87. The molecule has 0 bridgehead atoms. The maximum absolute atomic E-state index is 12.7. The minimum absolute atomic E-state index is 0.222. The van der Waals surface area contributed by atoms with E-state index >= 15 is 0 Å². The molecule has 1 amide bonds. The molecule has 2 rings (SSSR count). The van der Waals surface area contributed by atoms with E-state index in [4.69, 9.17) is 14.0 Å². The summed E-state index contributed by atoms with van der Waals surface area (Å²) in [5, 5.41) is 7.68. The number of ether oxygens (including phenoxy) is 1. The van der Waals surface area contributed by atoms with Crippen molar-refractivity contribution in [2.24, 2.45) is 10.1 Å². The Balaban J connectivity index is 2.06. The molecule has 1 aliphatic heterocycles. The molecule has 29 heavy (non-hydrogen) atoms. The molecule has 2 heterocycles. The van der Waals surface area contributed by atoms with Crippen LogP contribution in [0.1, 0.15) is 44.9 Å². The second kappa shape index (κ2) is 11.9. The van der Waals surface area contributed by atoms with Crippen LogP contribution in [0.5, 0.6) is 5.75 Å². The number of rotatable bonds is 11. The molecule has 0 aromatic carbocycles. The number of nitrogens with zero attached hydrogens (tertiary/aromatic N) is 2. The first-order valence-corrected chi connectivity index (χ1v) is 11.1. The molecule has 2 unspecified atom stereocenters. The van der Waals surface area contributed by atoms with E-state index in [1.165, 1.54) is 24.9 Å². The highest BCUT2D eigenvalue weighted by Crippen LogP contribution is 2.24. The minimum Gasteiger partial charge on any atom is -0.496 e. The number of carbonyl (C=O) groups is 1. The third-order valence-electron chi connectivity index (χ3n) is 4.09. The molecule has 0 spiro atoms. The maximum atomic E-state index is 12.7. The van der Waals surface area contributed by atoms with Gasteiger partial charge in [0.15, 0.2) is 0 Å². The molecule has 1 N–H and O–H groups in total. The van der Waals surface area contributed by atoms with Gasteiger partial charge in [-0.1, -0.05) is 18.5 Å². The summed E-state index contributed by atoms with van der Waals surface area (Å²) < 4.78 is 10.4. The molecule has 1 aromatic heterocycles. The Labute approximate surface area is 179 Å². The lowest BCUT2D eigenvalue weighted by Crippen LogP contribution is -2.37. The van der Waals surface area contributed by atoms with Gasteiger partial charge in [-0.3, -0.25) is 9.79 Å². The van der Waals surface area contributed by atoms with E-state index in [0.717, 1.165) is 18.6 Å². The van der Waals surface area contributed by atoms with E-state index in [2.05, 4.69) is 28.1 Å². The first-order chi connectivity index (χ1) is 14.0. The number of carbonyl (C=O) groups excluding carboxylic acids is 1. The molecule has 1 aromatic rings. The van der Waals surface area contributed by atoms with Crippen molar-refractivity contribution in [2.75, 3.05) is 25.2 Å². The van der Waals surface area contributed by atoms with Crippen molar-refractivity contribution in [3.05, 3.63) is 28.3 Å². The van der Waals surface area contributed by atoms with Crippen LogP contribution in [0.3, 0.4) is 0 Å². The average molecular weight is 442 g/mol. The number of hydrogen-bond donors (Lipinski definition) is 2. The van der Waals surface area contributed by atoms with Gasteiger partial charge in [-0.25, -0.2) is 4.79 Å². The standard InChI is InChI=1S/C19H27N3O5S2/c1-4-6-14(16-9-13(25-3)10-17(23)27-16)20-18(24)15-11-29-19(21-15)12(2)22-26-7-5-8-28/h9-10,14-15,28H,4-8,11H2,1-3H3,(H,20,24)/b22-12+. The summed E-state index contributed by atoms with van der Waals surface area (Å²) in [5.41, 5.74) is 0.129. The number of methoxy groups -OCH3 is 1. The zero-order chi connectivity index (χ0) is 21.2. The van der Waals surface area contributed by atoms with E-state index in [-0.39, 0.29) is 5.91 Å². The largest absolute Gasteiger partial charge is 0.496 e. The predicted octanol–water partition coefficient (Wildman–Crippen LogP) is 2.83. The van der Waals surface area contributed by atoms with Gasteiger partial charge in [0.25, 0.3) is 0 Å². The fourth-order valence-electron chi connectivity index (χ4n) is 2.62. The van der Waals surface area contributed by atoms with E-state index in [1.54, 1.807) is 13.0 Å². The van der Waals surface area contributed by atoms with Crippen LogP contribution in [0.15, 0.2) is 31.5 Å². The molecular formula is C19H27N3O5S2. The van der Waals surface area contributed by atoms with Crippen LogP contribution < -0.4 is 15.7 Å². The molecule has 8 nitrogen and oxygen atoms in total. The zero-order valence-electron chi connectivity index (χ0n) is 16.8. The third kappa shape index (κ3) is 7.11. The van der Waals surface area contributed by atoms with Crippen LogP contribution >= 0.6 is 24.4 Å². The van der Waals surface area contributed by atoms with E-state index in [0.29, 0.717) is 41.0 Å². The number of thioether (sulfide) groups is 1. The van der Waals surface area contributed by atoms with Gasteiger partial charge in [-0.05, 0) is 25.5 Å². The summed E-state index contributed by atoms with van der Waals surface area (Å²) in [4.78, 5) is 34.2. The van der Waals surface area contributed by atoms with Gasteiger partial charge >= 0.3 is 5.63 Å². The van der Waals surface area contributed by atoms with E-state index < -0.39 is 17.7 Å². The normalized spacial score (nSPS) is 17.6. The average Bonchev–Trinajstić information content (AvgIpc) is 3.20. The highest BCUT2D eigenvalue weighted by Gasteiger charge is 2.29. The van der Waals surface area contributed by atoms with Crippen molar-refractivity contribution in [1.29, 1.82) is 0 Å². The highest BCUT2D eigenvalue weighted by atomic mass is 32.2. The molecule has 0 saturated carbocycles. The number of aliphatic imine (C=N–C) groups is 1. The Bertz CT molecular complexity index is 809. The third-order valence-corrected chi connectivity index (χ3v) is 5.57. The fourth-order valence-corrected chi connectivity index (χ4v) is 3.74. The highest BCUT2D eigenvalue weighted by molar-refractivity contribution is 8.16. The van der Waals surface area contributed by atoms with Crippen molar-refractivity contribution in [2.45, 2.75) is 45.2 Å². The molecule has 0 aliphatic carbocycles. The molecule has 160 valence electrons. The Kier molecular flexibility index (Phi) is 9.59. The van der Waals surface area contributed by atoms with Crippen molar-refractivity contribution in [3.8, 4) is 5.75 Å². The first kappa shape index (κ1) is 23.3. The lowest BCUT2D eigenvalue weighted by molar-refractivity contribution is -0.122. The Morgan fingerprint density at radius 1 is 1.52 bits per heavy atom. The molecule has 1 aliphatic rings. The fraction of sp³-hybridized carbons (Fsp3) is 0.579. The molecule has 0 saturated heterocycles. The summed E-state index contributed by atoms with van der Waals surface area (Å²) in [5.74, 6) is 1.80. The first-order valence-electron chi connectivity index (χ1n) is 9.46. The number of amides is 1. The van der Waals surface area contributed by atoms with Gasteiger partial charge in [-0.2, -0.15) is 12.6 Å². The Morgan fingerprint density at radius 2 is 2.31 bits per heavy atom. The van der Waals surface area contributed by atoms with Crippen LogP contribution in [-0.4, -0.2) is 47.9 Å². The summed E-state index contributed by atoms with van der Waals surface area (Å²) in [6.07, 6.45) is 2.23. The zero-order valence-corrected chi connectivity index (χ0v) is 18.6. The van der Waals surface area contributed by atoms with Crippen LogP contribution in [0.2, 0.25) is 0 Å². The Morgan fingerprint density at radius 3 is 3.00 bits per heavy atom. The van der Waals surface area contributed by atoms with Gasteiger partial charge in [0.05, 0.1) is 19.2 Å². The van der Waals surface area contributed by atoms with Gasteiger partial charge in [-0.15, -0.1) is 11.8 Å². The Hall–Kier alpha value is -1.94. The van der Waals surface area contributed by atoms with Crippen LogP contribution in [-0.2, 0) is 9.63 Å². The minimum atomic E-state index is -0.533. The lowest BCUT2D eigenvalue weighted by atomic mass is 10.1. The van der Waals surface area contributed by atoms with Gasteiger partial charge in [0.2, 0.25) is 5.91 Å². The van der Waals surface area contributed by atoms with Crippen molar-refractivity contribution in [3.63, 3.8) is 0 Å². The number of hydrogen-bond acceptors (Lipinski definition) is 9. The molecule has 0 fully saturated rings. The van der Waals surface area contributed by atoms with Crippen LogP contribution in [0, 0.1) is 0 Å². The van der Waals surface area contributed by atoms with Gasteiger partial charge < -0.3 is 19.3 Å². The van der Waals surface area contributed by atoms with E-state index in [1.807, 2.05) is 6.92 Å². The summed E-state index contributed by atoms with van der Waals surface area (Å²) in [6, 6.07) is 1.92. The van der Waals surface area contributed by atoms with Gasteiger partial charge in [0, 0.05) is 11.8 Å². The predicted molar refractivity (Wildman–Crippen MR) is 119 cm³/mol. The molecular weight excluding hydrogens is 414 g/mol. The molecule has 0 radical (unpaired) electrons. The van der Waals surface area contributed by atoms with Crippen LogP contribution in [0.25, 0.3) is 0 Å².